The highest BCUT2D eigenvalue weighted by molar-refractivity contribution is 6.10. The summed E-state index contributed by atoms with van der Waals surface area (Å²) < 4.78 is 0. The maximum atomic E-state index is 4.96. The van der Waals surface area contributed by atoms with Gasteiger partial charge < -0.3 is 0 Å². The van der Waals surface area contributed by atoms with Crippen molar-refractivity contribution in [2.45, 2.75) is 61.3 Å². The number of hydrogen-bond acceptors (Lipinski definition) is 4. The van der Waals surface area contributed by atoms with Crippen LogP contribution in [0.25, 0.3) is 5.70 Å². The number of aryl methyl sites for hydroxylation is 1. The van der Waals surface area contributed by atoms with Gasteiger partial charge in [0, 0.05) is 28.7 Å². The molecule has 3 rings (SSSR count). The van der Waals surface area contributed by atoms with Crippen LogP contribution in [0, 0.1) is 6.92 Å². The number of rotatable bonds is 13. The third-order valence-electron chi connectivity index (χ3n) is 7.29. The molecule has 0 saturated heterocycles. The molecule has 4 heteroatoms. The van der Waals surface area contributed by atoms with Crippen LogP contribution in [-0.4, -0.2) is 23.7 Å². The van der Waals surface area contributed by atoms with E-state index in [1.165, 1.54) is 5.57 Å². The first kappa shape index (κ1) is 38.8. The Morgan fingerprint density at radius 2 is 1.62 bits per heavy atom. The van der Waals surface area contributed by atoms with Crippen LogP contribution in [0.5, 0.6) is 0 Å². The van der Waals surface area contributed by atoms with Crippen molar-refractivity contribution in [1.29, 1.82) is 0 Å². The minimum absolute atomic E-state index is 0.790. The summed E-state index contributed by atoms with van der Waals surface area (Å²) in [6, 6.07) is 16.1. The van der Waals surface area contributed by atoms with Gasteiger partial charge in [0.25, 0.3) is 0 Å². The van der Waals surface area contributed by atoms with Gasteiger partial charge in [-0.25, -0.2) is 4.99 Å². The van der Waals surface area contributed by atoms with Gasteiger partial charge in [-0.15, -0.1) is 0 Å². The van der Waals surface area contributed by atoms with E-state index < -0.39 is 0 Å². The lowest BCUT2D eigenvalue weighted by atomic mass is 10.0. The predicted octanol–water partition coefficient (Wildman–Crippen LogP) is 12.7. The van der Waals surface area contributed by atoms with E-state index in [4.69, 9.17) is 4.99 Å². The summed E-state index contributed by atoms with van der Waals surface area (Å²) in [6.07, 6.45) is 23.6. The summed E-state index contributed by atoms with van der Waals surface area (Å²) in [5.41, 5.74) is 11.3. The molecule has 2 aromatic rings. The zero-order valence-corrected chi connectivity index (χ0v) is 30.0. The Bertz CT molecular complexity index is 1740. The zero-order valence-electron chi connectivity index (χ0n) is 30.0. The molecule has 0 aromatic heterocycles. The quantitative estimate of drug-likeness (QED) is 0.159. The van der Waals surface area contributed by atoms with Crippen molar-refractivity contribution in [2.24, 2.45) is 15.0 Å². The number of allylic oxidation sites excluding steroid dienone is 12. The first-order valence-electron chi connectivity index (χ1n) is 16.4. The molecule has 0 fully saturated rings. The van der Waals surface area contributed by atoms with Gasteiger partial charge in [0.15, 0.2) is 0 Å². The van der Waals surface area contributed by atoms with Crippen LogP contribution in [0.1, 0.15) is 65.5 Å². The molecule has 1 aliphatic heterocycles. The van der Waals surface area contributed by atoms with Gasteiger partial charge in [0.1, 0.15) is 5.84 Å². The number of amidine groups is 1. The van der Waals surface area contributed by atoms with Crippen LogP contribution in [0.2, 0.25) is 0 Å². The fraction of sp³-hybridized carbons (Fsp3) is 0.205. The van der Waals surface area contributed by atoms with Gasteiger partial charge in [-0.2, -0.15) is 0 Å². The number of nitrogens with zero attached hydrogens (tertiary/aromatic N) is 4. The highest BCUT2D eigenvalue weighted by atomic mass is 15.2. The van der Waals surface area contributed by atoms with Crippen molar-refractivity contribution in [3.8, 4) is 0 Å². The van der Waals surface area contributed by atoms with Crippen LogP contribution in [-0.2, 0) is 0 Å². The molecule has 48 heavy (non-hydrogen) atoms. The van der Waals surface area contributed by atoms with Crippen LogP contribution in [0.3, 0.4) is 0 Å². The predicted molar refractivity (Wildman–Crippen MR) is 215 cm³/mol. The van der Waals surface area contributed by atoms with Crippen LogP contribution >= 0.6 is 0 Å². The topological polar surface area (TPSA) is 40.3 Å². The second-order valence-electron chi connectivity index (χ2n) is 11.5. The summed E-state index contributed by atoms with van der Waals surface area (Å²) in [5.74, 6) is 0.792. The van der Waals surface area contributed by atoms with E-state index in [-0.39, 0.29) is 0 Å². The molecule has 248 valence electrons. The fourth-order valence-corrected chi connectivity index (χ4v) is 4.63. The Morgan fingerprint density at radius 3 is 2.27 bits per heavy atom. The fourth-order valence-electron chi connectivity index (χ4n) is 4.63. The minimum Gasteiger partial charge on any atom is -0.295 e. The number of aliphatic imine (C=N–C) groups is 3. The van der Waals surface area contributed by atoms with Gasteiger partial charge in [-0.1, -0.05) is 123 Å². The Kier molecular flexibility index (Phi) is 16.8. The lowest BCUT2D eigenvalue weighted by Crippen LogP contribution is -2.31. The van der Waals surface area contributed by atoms with E-state index in [1.807, 2.05) is 85.8 Å². The maximum absolute atomic E-state index is 4.96. The zero-order chi connectivity index (χ0) is 35.5. The van der Waals surface area contributed by atoms with Crippen molar-refractivity contribution in [3.05, 3.63) is 174 Å². The van der Waals surface area contributed by atoms with Gasteiger partial charge in [0.2, 0.25) is 0 Å². The highest BCUT2D eigenvalue weighted by Crippen LogP contribution is 2.38. The number of fused-ring (bicyclic) bond motifs is 1. The van der Waals surface area contributed by atoms with Crippen molar-refractivity contribution in [1.82, 2.24) is 4.90 Å². The summed E-state index contributed by atoms with van der Waals surface area (Å²) in [5, 5.41) is 0. The van der Waals surface area contributed by atoms with Crippen LogP contribution in [0.4, 0.5) is 11.4 Å². The van der Waals surface area contributed by atoms with Crippen LogP contribution in [0.15, 0.2) is 178 Å². The Morgan fingerprint density at radius 1 is 0.917 bits per heavy atom. The van der Waals surface area contributed by atoms with Gasteiger partial charge in [-0.3, -0.25) is 14.9 Å². The van der Waals surface area contributed by atoms with Gasteiger partial charge in [0.05, 0.1) is 17.1 Å². The van der Waals surface area contributed by atoms with Crippen molar-refractivity contribution in [3.63, 3.8) is 0 Å². The molecule has 0 atom stereocenters. The SMILES string of the molecule is C=C/C=C\C(=C(C)C)N1C(=C)c2ccccc2N=C1C(=C)/C=C(C)\C=C(/C)CC.C=NC(/C=C\C=C/CC)=C\C=Nc1ccccc1C. The summed E-state index contributed by atoms with van der Waals surface area (Å²) in [6.45, 7) is 30.8. The van der Waals surface area contributed by atoms with Gasteiger partial charge >= 0.3 is 0 Å². The highest BCUT2D eigenvalue weighted by Gasteiger charge is 2.27. The summed E-state index contributed by atoms with van der Waals surface area (Å²) in [7, 11) is 0. The molecule has 0 spiro atoms. The number of benzene rings is 2. The molecule has 0 aliphatic carbocycles. The molecule has 1 heterocycles. The molecule has 2 aromatic carbocycles. The first-order chi connectivity index (χ1) is 23.1. The smallest absolute Gasteiger partial charge is 0.144 e. The molecule has 0 bridgehead atoms. The normalized spacial score (nSPS) is 13.9. The van der Waals surface area contributed by atoms with Crippen molar-refractivity contribution < 1.29 is 0 Å². The monoisotopic (exact) mass is 636 g/mol. The summed E-state index contributed by atoms with van der Waals surface area (Å²) in [4.78, 5) is 15.4. The Labute approximate surface area is 290 Å². The van der Waals surface area contributed by atoms with Crippen molar-refractivity contribution >= 4 is 35.8 Å². The van der Waals surface area contributed by atoms with Crippen molar-refractivity contribution in [2.75, 3.05) is 0 Å². The van der Waals surface area contributed by atoms with E-state index >= 15 is 0 Å². The molecule has 0 amide bonds. The Hall–Kier alpha value is -5.35. The maximum Gasteiger partial charge on any atom is 0.144 e. The third kappa shape index (κ3) is 12.1. The standard InChI is InChI=1S/C27H32N2.C17H20N2/c1-9-11-16-26(19(3)4)29-23(8)24-14-12-13-15-25(24)28-27(29)22(7)18-21(6)17-20(5)10-2;1-4-5-6-7-11-16(18-3)13-14-19-17-12-9-8-10-15(17)2/h9,11-18H,1,7-8,10H2,2-6H3;5-14H,3-4H2,1-2H3/b16-11-,20-17+,21-18-;6-5-,11-7-,16-13-,19-14?. The van der Waals surface area contributed by atoms with Crippen LogP contribution < -0.4 is 0 Å². The molecule has 0 unspecified atom stereocenters. The summed E-state index contributed by atoms with van der Waals surface area (Å²) >= 11 is 0. The molecule has 0 radical (unpaired) electrons. The molecule has 4 nitrogen and oxygen atoms in total. The average molecular weight is 637 g/mol. The Balaban J connectivity index is 0.000000365. The third-order valence-corrected chi connectivity index (χ3v) is 7.29. The molecule has 0 N–H and O–H groups in total. The minimum atomic E-state index is 0.790. The molecular weight excluding hydrogens is 585 g/mol. The lowest BCUT2D eigenvalue weighted by Gasteiger charge is -2.34. The molecule has 0 saturated carbocycles. The first-order valence-corrected chi connectivity index (χ1v) is 16.4. The van der Waals surface area contributed by atoms with Gasteiger partial charge in [-0.05, 0) is 96.2 Å². The number of hydrogen-bond donors (Lipinski definition) is 0. The second kappa shape index (κ2) is 20.7. The van der Waals surface area contributed by atoms with E-state index in [2.05, 4.69) is 107 Å². The largest absolute Gasteiger partial charge is 0.295 e. The lowest BCUT2D eigenvalue weighted by molar-refractivity contribution is 0.724. The van der Waals surface area contributed by atoms with E-state index in [0.717, 1.165) is 75.0 Å². The van der Waals surface area contributed by atoms with E-state index in [0.29, 0.717) is 0 Å². The average Bonchev–Trinajstić information content (AvgIpc) is 3.07. The van der Waals surface area contributed by atoms with E-state index in [1.54, 1.807) is 12.3 Å². The molecular formula is C44H52N4. The second-order valence-corrected chi connectivity index (χ2v) is 11.5. The molecule has 1 aliphatic rings. The van der Waals surface area contributed by atoms with E-state index in [9.17, 15) is 0 Å². The number of para-hydroxylation sites is 2.